The Labute approximate surface area is 127 Å². The van der Waals surface area contributed by atoms with Gasteiger partial charge in [-0.2, -0.15) is 4.98 Å². The zero-order valence-electron chi connectivity index (χ0n) is 12.2. The fraction of sp³-hybridized carbons (Fsp3) is 0.125. The zero-order chi connectivity index (χ0) is 15.5. The predicted molar refractivity (Wildman–Crippen MR) is 82.0 cm³/mol. The number of aryl methyl sites for hydroxylation is 1. The van der Waals surface area contributed by atoms with E-state index in [1.165, 1.54) is 6.92 Å². The quantitative estimate of drug-likeness (QED) is 0.803. The van der Waals surface area contributed by atoms with Crippen LogP contribution >= 0.6 is 0 Å². The summed E-state index contributed by atoms with van der Waals surface area (Å²) >= 11 is 0. The van der Waals surface area contributed by atoms with Crippen molar-refractivity contribution in [2.45, 2.75) is 13.8 Å². The second kappa shape index (κ2) is 5.77. The smallest absolute Gasteiger partial charge is 0.258 e. The molecule has 6 heteroatoms. The number of carbonyl (C=O) groups excluding carboxylic acids is 1. The first-order valence-electron chi connectivity index (χ1n) is 6.76. The molecule has 1 amide bonds. The highest BCUT2D eigenvalue weighted by Gasteiger charge is 2.09. The lowest BCUT2D eigenvalue weighted by Crippen LogP contribution is -2.05. The van der Waals surface area contributed by atoms with Gasteiger partial charge in [-0.05, 0) is 31.2 Å². The molecule has 0 aliphatic rings. The van der Waals surface area contributed by atoms with Gasteiger partial charge < -0.3 is 9.84 Å². The minimum absolute atomic E-state index is 0.111. The van der Waals surface area contributed by atoms with Gasteiger partial charge in [0.05, 0.1) is 5.69 Å². The van der Waals surface area contributed by atoms with Gasteiger partial charge in [-0.1, -0.05) is 17.3 Å². The van der Waals surface area contributed by atoms with E-state index in [1.807, 2.05) is 36.4 Å². The number of nitrogens with one attached hydrogen (secondary N) is 1. The molecule has 0 aliphatic carbocycles. The van der Waals surface area contributed by atoms with Crippen LogP contribution in [-0.2, 0) is 4.79 Å². The van der Waals surface area contributed by atoms with E-state index in [4.69, 9.17) is 4.52 Å². The molecule has 0 atom stereocenters. The van der Waals surface area contributed by atoms with Crippen molar-refractivity contribution < 1.29 is 9.32 Å². The number of hydrogen-bond donors (Lipinski definition) is 1. The Morgan fingerprint density at radius 2 is 2.05 bits per heavy atom. The number of hydrogen-bond acceptors (Lipinski definition) is 5. The number of amides is 1. The summed E-state index contributed by atoms with van der Waals surface area (Å²) in [5, 5.41) is 6.55. The first-order valence-corrected chi connectivity index (χ1v) is 6.76. The molecule has 2 aromatic heterocycles. The molecular weight excluding hydrogens is 280 g/mol. The normalized spacial score (nSPS) is 10.5. The summed E-state index contributed by atoms with van der Waals surface area (Å²) in [6.07, 6.45) is 1.69. The third-order valence-corrected chi connectivity index (χ3v) is 3.01. The maximum atomic E-state index is 11.1. The molecule has 1 N–H and O–H groups in total. The van der Waals surface area contributed by atoms with Gasteiger partial charge in [0, 0.05) is 29.9 Å². The van der Waals surface area contributed by atoms with E-state index in [0.29, 0.717) is 11.7 Å². The van der Waals surface area contributed by atoms with Crippen molar-refractivity contribution in [3.8, 4) is 22.7 Å². The lowest BCUT2D eigenvalue weighted by Gasteiger charge is -2.06. The molecule has 0 unspecified atom stereocenters. The Kier molecular flexibility index (Phi) is 3.65. The van der Waals surface area contributed by atoms with Crippen LogP contribution in [0.4, 0.5) is 5.69 Å². The molecule has 1 aromatic carbocycles. The van der Waals surface area contributed by atoms with E-state index in [0.717, 1.165) is 22.5 Å². The summed E-state index contributed by atoms with van der Waals surface area (Å²) < 4.78 is 5.17. The standard InChI is InChI=1S/C16H14N4O2/c1-10-18-16(22-20-10)13-6-7-17-15(9-13)12-4-3-5-14(8-12)19-11(2)21/h3-9H,1-2H3,(H,19,21). The molecule has 3 rings (SSSR count). The van der Waals surface area contributed by atoms with E-state index in [9.17, 15) is 4.79 Å². The molecule has 0 saturated carbocycles. The summed E-state index contributed by atoms with van der Waals surface area (Å²) in [4.78, 5) is 19.7. The van der Waals surface area contributed by atoms with Crippen LogP contribution in [0.1, 0.15) is 12.7 Å². The minimum Gasteiger partial charge on any atom is -0.334 e. The second-order valence-corrected chi connectivity index (χ2v) is 4.84. The molecular formula is C16H14N4O2. The fourth-order valence-corrected chi connectivity index (χ4v) is 2.10. The maximum absolute atomic E-state index is 11.1. The van der Waals surface area contributed by atoms with Crippen molar-refractivity contribution >= 4 is 11.6 Å². The number of carbonyl (C=O) groups is 1. The first-order chi connectivity index (χ1) is 10.6. The van der Waals surface area contributed by atoms with Crippen molar-refractivity contribution in [1.82, 2.24) is 15.1 Å². The van der Waals surface area contributed by atoms with Crippen LogP contribution < -0.4 is 5.32 Å². The minimum atomic E-state index is -0.111. The number of anilines is 1. The predicted octanol–water partition coefficient (Wildman–Crippen LogP) is 3.07. The van der Waals surface area contributed by atoms with Crippen molar-refractivity contribution in [3.05, 3.63) is 48.4 Å². The largest absolute Gasteiger partial charge is 0.334 e. The summed E-state index contributed by atoms with van der Waals surface area (Å²) in [7, 11) is 0. The van der Waals surface area contributed by atoms with E-state index in [1.54, 1.807) is 13.1 Å². The van der Waals surface area contributed by atoms with Gasteiger partial charge in [-0.3, -0.25) is 9.78 Å². The van der Waals surface area contributed by atoms with Crippen LogP contribution in [0.3, 0.4) is 0 Å². The number of nitrogens with zero attached hydrogens (tertiary/aromatic N) is 3. The Balaban J connectivity index is 1.97. The molecule has 22 heavy (non-hydrogen) atoms. The van der Waals surface area contributed by atoms with Crippen LogP contribution in [0.15, 0.2) is 47.1 Å². The average molecular weight is 294 g/mol. The van der Waals surface area contributed by atoms with Crippen molar-refractivity contribution in [2.75, 3.05) is 5.32 Å². The average Bonchev–Trinajstić information content (AvgIpc) is 2.94. The Morgan fingerprint density at radius 3 is 2.77 bits per heavy atom. The summed E-state index contributed by atoms with van der Waals surface area (Å²) in [5.74, 6) is 0.931. The summed E-state index contributed by atoms with van der Waals surface area (Å²) in [6.45, 7) is 3.25. The monoisotopic (exact) mass is 294 g/mol. The maximum Gasteiger partial charge on any atom is 0.258 e. The van der Waals surface area contributed by atoms with Gasteiger partial charge in [-0.15, -0.1) is 0 Å². The van der Waals surface area contributed by atoms with Crippen LogP contribution in [0, 0.1) is 6.92 Å². The number of benzene rings is 1. The Bertz CT molecular complexity index is 826. The van der Waals surface area contributed by atoms with Gasteiger partial charge in [0.15, 0.2) is 5.82 Å². The Morgan fingerprint density at radius 1 is 1.18 bits per heavy atom. The number of aromatic nitrogens is 3. The summed E-state index contributed by atoms with van der Waals surface area (Å²) in [5.41, 5.74) is 3.19. The molecule has 0 radical (unpaired) electrons. The van der Waals surface area contributed by atoms with Gasteiger partial charge >= 0.3 is 0 Å². The molecule has 0 fully saturated rings. The van der Waals surface area contributed by atoms with Gasteiger partial charge in [0.1, 0.15) is 0 Å². The van der Waals surface area contributed by atoms with E-state index in [-0.39, 0.29) is 5.91 Å². The Hall–Kier alpha value is -3.02. The van der Waals surface area contributed by atoms with Crippen LogP contribution in [0.25, 0.3) is 22.7 Å². The highest BCUT2D eigenvalue weighted by molar-refractivity contribution is 5.89. The molecule has 0 bridgehead atoms. The molecule has 0 saturated heterocycles. The van der Waals surface area contributed by atoms with E-state index in [2.05, 4.69) is 20.4 Å². The second-order valence-electron chi connectivity index (χ2n) is 4.84. The molecule has 0 aliphatic heterocycles. The van der Waals surface area contributed by atoms with Crippen molar-refractivity contribution in [2.24, 2.45) is 0 Å². The lowest BCUT2D eigenvalue weighted by molar-refractivity contribution is -0.114. The highest BCUT2D eigenvalue weighted by atomic mass is 16.5. The first kappa shape index (κ1) is 13.9. The molecule has 2 heterocycles. The van der Waals surface area contributed by atoms with Crippen LogP contribution in [0.5, 0.6) is 0 Å². The van der Waals surface area contributed by atoms with Crippen molar-refractivity contribution in [1.29, 1.82) is 0 Å². The molecule has 110 valence electrons. The van der Waals surface area contributed by atoms with Gasteiger partial charge in [0.25, 0.3) is 5.89 Å². The molecule has 3 aromatic rings. The van der Waals surface area contributed by atoms with Gasteiger partial charge in [0.2, 0.25) is 5.91 Å². The van der Waals surface area contributed by atoms with Gasteiger partial charge in [-0.25, -0.2) is 0 Å². The SMILES string of the molecule is CC(=O)Nc1cccc(-c2cc(-c3nc(C)no3)ccn2)c1. The highest BCUT2D eigenvalue weighted by Crippen LogP contribution is 2.25. The number of rotatable bonds is 3. The third kappa shape index (κ3) is 3.01. The zero-order valence-corrected chi connectivity index (χ0v) is 12.2. The van der Waals surface area contributed by atoms with Crippen LogP contribution in [-0.4, -0.2) is 21.0 Å². The van der Waals surface area contributed by atoms with E-state index >= 15 is 0 Å². The fourth-order valence-electron chi connectivity index (χ4n) is 2.10. The lowest BCUT2D eigenvalue weighted by atomic mass is 10.1. The summed E-state index contributed by atoms with van der Waals surface area (Å²) in [6, 6.07) is 11.2. The topological polar surface area (TPSA) is 80.9 Å². The van der Waals surface area contributed by atoms with Crippen molar-refractivity contribution in [3.63, 3.8) is 0 Å². The molecule has 6 nitrogen and oxygen atoms in total. The third-order valence-electron chi connectivity index (χ3n) is 3.01. The van der Waals surface area contributed by atoms with E-state index < -0.39 is 0 Å². The number of pyridine rings is 1. The molecule has 0 spiro atoms. The van der Waals surface area contributed by atoms with Crippen LogP contribution in [0.2, 0.25) is 0 Å².